The number of benzene rings is 1. The van der Waals surface area contributed by atoms with Crippen molar-refractivity contribution in [2.45, 2.75) is 32.6 Å². The van der Waals surface area contributed by atoms with E-state index in [-0.39, 0.29) is 11.8 Å². The van der Waals surface area contributed by atoms with Crippen LogP contribution in [0.25, 0.3) is 0 Å². The number of nitrogens with zero attached hydrogens (tertiary/aromatic N) is 1. The van der Waals surface area contributed by atoms with Crippen LogP contribution in [-0.4, -0.2) is 42.9 Å². The van der Waals surface area contributed by atoms with Gasteiger partial charge in [0.05, 0.1) is 6.42 Å². The van der Waals surface area contributed by atoms with E-state index in [2.05, 4.69) is 10.6 Å². The standard InChI is InChI=1S/C18H25N3O2/c1-14(22)20-16-4-2-15(3-5-16)12-17(23)21-10-7-18(8-11-21)6-9-19-13-18/h2-5,19H,6-13H2,1H3,(H,20,22). The quantitative estimate of drug-likeness (QED) is 0.894. The number of piperidine rings is 1. The largest absolute Gasteiger partial charge is 0.342 e. The van der Waals surface area contributed by atoms with Crippen LogP contribution in [0.1, 0.15) is 31.7 Å². The third-order valence-corrected chi connectivity index (χ3v) is 5.14. The molecule has 0 saturated carbocycles. The van der Waals surface area contributed by atoms with E-state index in [1.54, 1.807) is 0 Å². The molecule has 2 heterocycles. The van der Waals surface area contributed by atoms with Gasteiger partial charge >= 0.3 is 0 Å². The van der Waals surface area contributed by atoms with Gasteiger partial charge in [0.25, 0.3) is 0 Å². The zero-order valence-electron chi connectivity index (χ0n) is 13.7. The maximum atomic E-state index is 12.5. The maximum absolute atomic E-state index is 12.5. The second-order valence-corrected chi connectivity index (χ2v) is 6.86. The van der Waals surface area contributed by atoms with Gasteiger partial charge in [-0.15, -0.1) is 0 Å². The maximum Gasteiger partial charge on any atom is 0.226 e. The minimum absolute atomic E-state index is 0.0857. The molecule has 3 rings (SSSR count). The van der Waals surface area contributed by atoms with Crippen LogP contribution < -0.4 is 10.6 Å². The van der Waals surface area contributed by atoms with Crippen LogP contribution in [0.5, 0.6) is 0 Å². The smallest absolute Gasteiger partial charge is 0.226 e. The van der Waals surface area contributed by atoms with Crippen molar-refractivity contribution in [3.8, 4) is 0 Å². The van der Waals surface area contributed by atoms with Crippen LogP contribution in [0.2, 0.25) is 0 Å². The van der Waals surface area contributed by atoms with Crippen molar-refractivity contribution >= 4 is 17.5 Å². The summed E-state index contributed by atoms with van der Waals surface area (Å²) in [6.45, 7) is 5.48. The number of likely N-dealkylation sites (tertiary alicyclic amines) is 1. The number of amides is 2. The van der Waals surface area contributed by atoms with Gasteiger partial charge in [-0.2, -0.15) is 0 Å². The van der Waals surface area contributed by atoms with E-state index in [1.807, 2.05) is 29.2 Å². The molecule has 124 valence electrons. The van der Waals surface area contributed by atoms with E-state index in [9.17, 15) is 9.59 Å². The third-order valence-electron chi connectivity index (χ3n) is 5.14. The summed E-state index contributed by atoms with van der Waals surface area (Å²) >= 11 is 0. The van der Waals surface area contributed by atoms with Crippen molar-refractivity contribution in [3.63, 3.8) is 0 Å². The fourth-order valence-electron chi connectivity index (χ4n) is 3.65. The van der Waals surface area contributed by atoms with Gasteiger partial charge in [-0.3, -0.25) is 9.59 Å². The Balaban J connectivity index is 1.52. The van der Waals surface area contributed by atoms with Gasteiger partial charge < -0.3 is 15.5 Å². The van der Waals surface area contributed by atoms with Gasteiger partial charge in [0.1, 0.15) is 0 Å². The van der Waals surface area contributed by atoms with Gasteiger partial charge in [-0.05, 0) is 48.9 Å². The van der Waals surface area contributed by atoms with Crippen LogP contribution in [0.4, 0.5) is 5.69 Å². The van der Waals surface area contributed by atoms with Gasteiger partial charge in [0, 0.05) is 32.2 Å². The summed E-state index contributed by atoms with van der Waals surface area (Å²) in [6, 6.07) is 7.52. The van der Waals surface area contributed by atoms with E-state index in [4.69, 9.17) is 0 Å². The van der Waals surface area contributed by atoms with Crippen molar-refractivity contribution < 1.29 is 9.59 Å². The molecule has 0 bridgehead atoms. The Hall–Kier alpha value is -1.88. The highest BCUT2D eigenvalue weighted by molar-refractivity contribution is 5.88. The number of carbonyl (C=O) groups is 2. The lowest BCUT2D eigenvalue weighted by atomic mass is 9.78. The Morgan fingerprint density at radius 2 is 1.87 bits per heavy atom. The highest BCUT2D eigenvalue weighted by atomic mass is 16.2. The summed E-state index contributed by atoms with van der Waals surface area (Å²) in [4.78, 5) is 25.5. The van der Waals surface area contributed by atoms with Gasteiger partial charge in [0.2, 0.25) is 11.8 Å². The van der Waals surface area contributed by atoms with Crippen molar-refractivity contribution in [2.75, 3.05) is 31.5 Å². The first-order valence-electron chi connectivity index (χ1n) is 8.41. The number of nitrogens with one attached hydrogen (secondary N) is 2. The summed E-state index contributed by atoms with van der Waals surface area (Å²) < 4.78 is 0. The molecule has 2 aliphatic heterocycles. The first kappa shape index (κ1) is 16.0. The molecular formula is C18H25N3O2. The Labute approximate surface area is 137 Å². The zero-order valence-corrected chi connectivity index (χ0v) is 13.7. The first-order chi connectivity index (χ1) is 11.1. The lowest BCUT2D eigenvalue weighted by molar-refractivity contribution is -0.132. The Morgan fingerprint density at radius 3 is 2.43 bits per heavy atom. The summed E-state index contributed by atoms with van der Waals surface area (Å²) in [5, 5.41) is 6.19. The number of carbonyl (C=O) groups excluding carboxylic acids is 2. The predicted octanol–water partition coefficient (Wildman–Crippen LogP) is 1.79. The normalized spacial score (nSPS) is 19.8. The molecule has 0 aliphatic carbocycles. The predicted molar refractivity (Wildman–Crippen MR) is 90.2 cm³/mol. The highest BCUT2D eigenvalue weighted by Crippen LogP contribution is 2.36. The molecular weight excluding hydrogens is 290 g/mol. The van der Waals surface area contributed by atoms with Crippen molar-refractivity contribution in [2.24, 2.45) is 5.41 Å². The van der Waals surface area contributed by atoms with Crippen molar-refractivity contribution in [1.82, 2.24) is 10.2 Å². The average Bonchev–Trinajstić information content (AvgIpc) is 2.97. The molecule has 1 spiro atoms. The minimum Gasteiger partial charge on any atom is -0.342 e. The second kappa shape index (κ2) is 6.71. The molecule has 0 aromatic heterocycles. The molecule has 2 fully saturated rings. The molecule has 5 heteroatoms. The lowest BCUT2D eigenvalue weighted by Gasteiger charge is -2.39. The molecule has 0 atom stereocenters. The molecule has 2 N–H and O–H groups in total. The molecule has 1 aromatic carbocycles. The number of hydrogen-bond donors (Lipinski definition) is 2. The van der Waals surface area contributed by atoms with Crippen LogP contribution >= 0.6 is 0 Å². The lowest BCUT2D eigenvalue weighted by Crippen LogP contribution is -2.44. The van der Waals surface area contributed by atoms with E-state index in [1.165, 1.54) is 13.3 Å². The van der Waals surface area contributed by atoms with Gasteiger partial charge in [-0.1, -0.05) is 12.1 Å². The van der Waals surface area contributed by atoms with Crippen LogP contribution in [0.15, 0.2) is 24.3 Å². The molecule has 2 aliphatic rings. The molecule has 23 heavy (non-hydrogen) atoms. The molecule has 2 amide bonds. The van der Waals surface area contributed by atoms with Gasteiger partial charge in [0.15, 0.2) is 0 Å². The number of hydrogen-bond acceptors (Lipinski definition) is 3. The van der Waals surface area contributed by atoms with Crippen molar-refractivity contribution in [1.29, 1.82) is 0 Å². The Bertz CT molecular complexity index is 566. The fourth-order valence-corrected chi connectivity index (χ4v) is 3.65. The first-order valence-corrected chi connectivity index (χ1v) is 8.41. The second-order valence-electron chi connectivity index (χ2n) is 6.86. The van der Waals surface area contributed by atoms with E-state index in [0.29, 0.717) is 11.8 Å². The Morgan fingerprint density at radius 1 is 1.17 bits per heavy atom. The summed E-state index contributed by atoms with van der Waals surface area (Å²) in [6.07, 6.45) is 3.92. The van der Waals surface area contributed by atoms with E-state index < -0.39 is 0 Å². The molecule has 1 aromatic rings. The molecule has 0 unspecified atom stereocenters. The third kappa shape index (κ3) is 3.91. The molecule has 5 nitrogen and oxygen atoms in total. The average molecular weight is 315 g/mol. The molecule has 0 radical (unpaired) electrons. The number of rotatable bonds is 3. The van der Waals surface area contributed by atoms with E-state index in [0.717, 1.165) is 50.3 Å². The van der Waals surface area contributed by atoms with Gasteiger partial charge in [-0.25, -0.2) is 0 Å². The van der Waals surface area contributed by atoms with Crippen molar-refractivity contribution in [3.05, 3.63) is 29.8 Å². The minimum atomic E-state index is -0.0857. The van der Waals surface area contributed by atoms with E-state index >= 15 is 0 Å². The SMILES string of the molecule is CC(=O)Nc1ccc(CC(=O)N2CCC3(CCNC3)CC2)cc1. The molecule has 2 saturated heterocycles. The number of anilines is 1. The summed E-state index contributed by atoms with van der Waals surface area (Å²) in [5.74, 6) is 0.121. The summed E-state index contributed by atoms with van der Waals surface area (Å²) in [7, 11) is 0. The highest BCUT2D eigenvalue weighted by Gasteiger charge is 2.37. The Kier molecular flexibility index (Phi) is 4.66. The van der Waals surface area contributed by atoms with Crippen LogP contribution in [0, 0.1) is 5.41 Å². The monoisotopic (exact) mass is 315 g/mol. The van der Waals surface area contributed by atoms with Crippen LogP contribution in [0.3, 0.4) is 0 Å². The zero-order chi connectivity index (χ0) is 16.3. The van der Waals surface area contributed by atoms with Crippen LogP contribution in [-0.2, 0) is 16.0 Å². The fraction of sp³-hybridized carbons (Fsp3) is 0.556. The topological polar surface area (TPSA) is 61.4 Å². The summed E-state index contributed by atoms with van der Waals surface area (Å²) in [5.41, 5.74) is 2.20.